The Labute approximate surface area is 154 Å². The first kappa shape index (κ1) is 20.5. The molecule has 3 N–H and O–H groups in total. The van der Waals surface area contributed by atoms with Gasteiger partial charge in [-0.25, -0.2) is 0 Å². The van der Waals surface area contributed by atoms with E-state index in [2.05, 4.69) is 5.32 Å². The molecule has 1 atom stereocenters. The van der Waals surface area contributed by atoms with Crippen LogP contribution in [0.4, 0.5) is 5.69 Å². The molecule has 0 bridgehead atoms. The minimum atomic E-state index is -0.453. The number of benzene rings is 2. The van der Waals surface area contributed by atoms with Gasteiger partial charge in [-0.1, -0.05) is 42.0 Å². The minimum absolute atomic E-state index is 0. The average Bonchev–Trinajstić information content (AvgIpc) is 2.58. The Morgan fingerprint density at radius 1 is 1.16 bits per heavy atom. The van der Waals surface area contributed by atoms with E-state index in [1.807, 2.05) is 31.2 Å². The number of anilines is 1. The quantitative estimate of drug-likeness (QED) is 0.611. The van der Waals surface area contributed by atoms with Crippen LogP contribution in [0.1, 0.15) is 21.5 Å². The minimum Gasteiger partial charge on any atom is -0.469 e. The number of carbonyl (C=O) groups excluding carboxylic acids is 2. The molecule has 0 saturated heterocycles. The van der Waals surface area contributed by atoms with Crippen LogP contribution in [0.2, 0.25) is 0 Å². The molecular formula is C19H23ClN2O3. The number of aryl methyl sites for hydroxylation is 1. The van der Waals surface area contributed by atoms with Crippen molar-refractivity contribution in [2.75, 3.05) is 19.4 Å². The highest BCUT2D eigenvalue weighted by Gasteiger charge is 2.21. The van der Waals surface area contributed by atoms with E-state index >= 15 is 0 Å². The average molecular weight is 363 g/mol. The van der Waals surface area contributed by atoms with Crippen LogP contribution in [0.25, 0.3) is 0 Å². The topological polar surface area (TPSA) is 81.4 Å². The van der Waals surface area contributed by atoms with Crippen molar-refractivity contribution in [3.05, 3.63) is 65.2 Å². The number of rotatable bonds is 6. The predicted molar refractivity (Wildman–Crippen MR) is 101 cm³/mol. The Balaban J connectivity index is 0.00000312. The van der Waals surface area contributed by atoms with Gasteiger partial charge in [0, 0.05) is 12.2 Å². The second-order valence-corrected chi connectivity index (χ2v) is 5.71. The van der Waals surface area contributed by atoms with Crippen LogP contribution in [0.15, 0.2) is 48.5 Å². The first-order valence-corrected chi connectivity index (χ1v) is 7.77. The molecule has 6 heteroatoms. The molecule has 0 aliphatic rings. The third-order valence-corrected chi connectivity index (χ3v) is 3.81. The van der Waals surface area contributed by atoms with Gasteiger partial charge in [0.05, 0.1) is 18.6 Å². The first-order chi connectivity index (χ1) is 11.5. The number of amides is 1. The van der Waals surface area contributed by atoms with Crippen LogP contribution in [-0.2, 0) is 16.0 Å². The second-order valence-electron chi connectivity index (χ2n) is 5.71. The summed E-state index contributed by atoms with van der Waals surface area (Å²) in [6.45, 7) is 2.18. The Hall–Kier alpha value is -2.53. The summed E-state index contributed by atoms with van der Waals surface area (Å²) in [6.07, 6.45) is 0.499. The zero-order valence-corrected chi connectivity index (χ0v) is 15.1. The van der Waals surface area contributed by atoms with Gasteiger partial charge in [-0.3, -0.25) is 9.59 Å². The smallest absolute Gasteiger partial charge is 0.310 e. The fourth-order valence-corrected chi connectivity index (χ4v) is 2.54. The molecule has 0 aliphatic heterocycles. The van der Waals surface area contributed by atoms with Gasteiger partial charge < -0.3 is 15.8 Å². The molecule has 0 fully saturated rings. The van der Waals surface area contributed by atoms with Crippen LogP contribution >= 0.6 is 12.4 Å². The number of nitrogens with two attached hydrogens (primary N) is 1. The fourth-order valence-electron chi connectivity index (χ4n) is 2.54. The van der Waals surface area contributed by atoms with Gasteiger partial charge in [0.25, 0.3) is 5.91 Å². The molecule has 2 aromatic carbocycles. The summed E-state index contributed by atoms with van der Waals surface area (Å²) in [6, 6.07) is 14.8. The third kappa shape index (κ3) is 5.80. The molecule has 0 radical (unpaired) electrons. The van der Waals surface area contributed by atoms with Crippen molar-refractivity contribution in [1.29, 1.82) is 0 Å². The number of ether oxygens (including phenoxy) is 1. The van der Waals surface area contributed by atoms with E-state index in [1.165, 1.54) is 7.11 Å². The van der Waals surface area contributed by atoms with Crippen molar-refractivity contribution in [2.45, 2.75) is 13.3 Å². The van der Waals surface area contributed by atoms with Gasteiger partial charge in [-0.05, 0) is 31.0 Å². The van der Waals surface area contributed by atoms with Crippen LogP contribution < -0.4 is 11.1 Å². The van der Waals surface area contributed by atoms with Crippen molar-refractivity contribution in [1.82, 2.24) is 5.32 Å². The summed E-state index contributed by atoms with van der Waals surface area (Å²) >= 11 is 0. The molecule has 1 unspecified atom stereocenters. The summed E-state index contributed by atoms with van der Waals surface area (Å²) in [7, 11) is 1.35. The van der Waals surface area contributed by atoms with Crippen molar-refractivity contribution >= 4 is 30.0 Å². The Morgan fingerprint density at radius 3 is 2.52 bits per heavy atom. The lowest BCUT2D eigenvalue weighted by Crippen LogP contribution is -2.35. The highest BCUT2D eigenvalue weighted by molar-refractivity contribution is 5.99. The maximum atomic E-state index is 12.2. The summed E-state index contributed by atoms with van der Waals surface area (Å²) in [5, 5.41) is 2.77. The number of hydrogen-bond acceptors (Lipinski definition) is 4. The van der Waals surface area contributed by atoms with Crippen LogP contribution in [0.3, 0.4) is 0 Å². The highest BCUT2D eigenvalue weighted by Crippen LogP contribution is 2.13. The Kier molecular flexibility index (Phi) is 7.95. The van der Waals surface area contributed by atoms with E-state index in [4.69, 9.17) is 10.5 Å². The van der Waals surface area contributed by atoms with Gasteiger partial charge in [0.1, 0.15) is 0 Å². The third-order valence-electron chi connectivity index (χ3n) is 3.81. The lowest BCUT2D eigenvalue weighted by Gasteiger charge is -2.16. The van der Waals surface area contributed by atoms with E-state index in [0.717, 1.165) is 11.1 Å². The summed E-state index contributed by atoms with van der Waals surface area (Å²) in [5.74, 6) is -1.10. The Bertz CT molecular complexity index is 734. The van der Waals surface area contributed by atoms with Gasteiger partial charge in [0.2, 0.25) is 0 Å². The number of esters is 1. The summed E-state index contributed by atoms with van der Waals surface area (Å²) in [5.41, 5.74) is 8.76. The fraction of sp³-hybridized carbons (Fsp3) is 0.263. The number of hydrogen-bond donors (Lipinski definition) is 2. The molecule has 25 heavy (non-hydrogen) atoms. The van der Waals surface area contributed by atoms with Crippen LogP contribution in [0, 0.1) is 12.8 Å². The zero-order chi connectivity index (χ0) is 17.5. The molecule has 0 heterocycles. The SMILES string of the molecule is COC(=O)C(CNC(=O)c1ccccc1N)Cc1cccc(C)c1.Cl. The van der Waals surface area contributed by atoms with Crippen LogP contribution in [-0.4, -0.2) is 25.5 Å². The monoisotopic (exact) mass is 362 g/mol. The van der Waals surface area contributed by atoms with Crippen molar-refractivity contribution < 1.29 is 14.3 Å². The summed E-state index contributed by atoms with van der Waals surface area (Å²) in [4.78, 5) is 24.3. The molecule has 2 aromatic rings. The van der Waals surface area contributed by atoms with Crippen molar-refractivity contribution in [3.63, 3.8) is 0 Å². The molecule has 0 aromatic heterocycles. The normalized spacial score (nSPS) is 11.1. The largest absolute Gasteiger partial charge is 0.469 e. The molecular weight excluding hydrogens is 340 g/mol. The number of para-hydroxylation sites is 1. The molecule has 134 valence electrons. The van der Waals surface area contributed by atoms with Gasteiger partial charge in [-0.15, -0.1) is 12.4 Å². The van der Waals surface area contributed by atoms with Crippen molar-refractivity contribution in [3.8, 4) is 0 Å². The van der Waals surface area contributed by atoms with E-state index in [-0.39, 0.29) is 30.8 Å². The Morgan fingerprint density at radius 2 is 1.88 bits per heavy atom. The molecule has 0 aliphatic carbocycles. The number of carbonyl (C=O) groups is 2. The molecule has 5 nitrogen and oxygen atoms in total. The zero-order valence-electron chi connectivity index (χ0n) is 14.3. The lowest BCUT2D eigenvalue weighted by molar-refractivity contribution is -0.145. The van der Waals surface area contributed by atoms with E-state index in [1.54, 1.807) is 24.3 Å². The standard InChI is InChI=1S/C19H22N2O3.ClH/c1-13-6-5-7-14(10-13)11-15(19(23)24-2)12-21-18(22)16-8-3-4-9-17(16)20;/h3-10,15H,11-12,20H2,1-2H3,(H,21,22);1H. The number of methoxy groups -OCH3 is 1. The van der Waals surface area contributed by atoms with E-state index in [0.29, 0.717) is 17.7 Å². The maximum Gasteiger partial charge on any atom is 0.310 e. The van der Waals surface area contributed by atoms with E-state index in [9.17, 15) is 9.59 Å². The van der Waals surface area contributed by atoms with Gasteiger partial charge in [0.15, 0.2) is 0 Å². The number of halogens is 1. The maximum absolute atomic E-state index is 12.2. The van der Waals surface area contributed by atoms with Gasteiger partial charge >= 0.3 is 5.97 Å². The predicted octanol–water partition coefficient (Wildman–Crippen LogP) is 2.76. The molecule has 0 saturated carbocycles. The lowest BCUT2D eigenvalue weighted by atomic mass is 9.98. The van der Waals surface area contributed by atoms with Gasteiger partial charge in [-0.2, -0.15) is 0 Å². The molecule has 0 spiro atoms. The van der Waals surface area contributed by atoms with E-state index < -0.39 is 5.92 Å². The van der Waals surface area contributed by atoms with Crippen LogP contribution in [0.5, 0.6) is 0 Å². The number of nitrogen functional groups attached to an aromatic ring is 1. The number of nitrogens with one attached hydrogen (secondary N) is 1. The first-order valence-electron chi connectivity index (χ1n) is 7.77. The highest BCUT2D eigenvalue weighted by atomic mass is 35.5. The second kappa shape index (κ2) is 9.69. The molecule has 1 amide bonds. The molecule has 2 rings (SSSR count). The van der Waals surface area contributed by atoms with Crippen molar-refractivity contribution in [2.24, 2.45) is 5.92 Å². The summed E-state index contributed by atoms with van der Waals surface area (Å²) < 4.78 is 4.86.